The van der Waals surface area contributed by atoms with Crippen LogP contribution in [0.4, 0.5) is 11.4 Å². The predicted molar refractivity (Wildman–Crippen MR) is 234 cm³/mol. The van der Waals surface area contributed by atoms with Crippen LogP contribution in [0.3, 0.4) is 0 Å². The molecule has 0 saturated heterocycles. The molecule has 4 aliphatic carbocycles. The van der Waals surface area contributed by atoms with Crippen LogP contribution < -0.4 is 4.90 Å². The van der Waals surface area contributed by atoms with E-state index in [0.29, 0.717) is 17.8 Å². The molecule has 0 spiro atoms. The fraction of sp³-hybridized carbons (Fsp3) is 0.208. The summed E-state index contributed by atoms with van der Waals surface area (Å²) in [4.78, 5) is 2.49. The van der Waals surface area contributed by atoms with E-state index >= 15 is 0 Å². The summed E-state index contributed by atoms with van der Waals surface area (Å²) in [7, 11) is 0. The molecular weight excluding hydrogens is 665 g/mol. The SMILES string of the molecule is CC1C=C(N(c2ccc(-c3ccc4c(c3)c3ccccc3n4-c3ccccc3)cc2)c2ccc3c(c2)C(C)(C)C2=C3[C@@H](C)CC=C2)C=CC1C1=CC=CCC1. The lowest BCUT2D eigenvalue weighted by molar-refractivity contribution is 0.551. The number of allylic oxidation sites excluding steroid dienone is 11. The second-order valence-corrected chi connectivity index (χ2v) is 16.6. The molecule has 10 rings (SSSR count). The number of hydrogen-bond donors (Lipinski definition) is 0. The first-order valence-corrected chi connectivity index (χ1v) is 20.2. The number of para-hydroxylation sites is 2. The van der Waals surface area contributed by atoms with Crippen LogP contribution in [-0.4, -0.2) is 4.57 Å². The maximum Gasteiger partial charge on any atom is 0.0541 e. The molecule has 5 aromatic carbocycles. The molecule has 0 N–H and O–H groups in total. The van der Waals surface area contributed by atoms with E-state index in [1.165, 1.54) is 78.0 Å². The van der Waals surface area contributed by atoms with Gasteiger partial charge in [-0.25, -0.2) is 0 Å². The highest BCUT2D eigenvalue weighted by Gasteiger charge is 2.39. The molecule has 0 aliphatic heterocycles. The molecule has 3 atom stereocenters. The Balaban J connectivity index is 1.05. The molecule has 0 fully saturated rings. The number of nitrogens with zero attached hydrogens (tertiary/aromatic N) is 2. The molecule has 6 aromatic rings. The topological polar surface area (TPSA) is 8.17 Å². The summed E-state index contributed by atoms with van der Waals surface area (Å²) in [5.74, 6) is 1.37. The van der Waals surface area contributed by atoms with Gasteiger partial charge in [-0.2, -0.15) is 0 Å². The van der Waals surface area contributed by atoms with Gasteiger partial charge in [-0.15, -0.1) is 0 Å². The quantitative estimate of drug-likeness (QED) is 0.167. The molecular formula is C53H48N2. The molecule has 0 amide bonds. The third kappa shape index (κ3) is 5.53. The lowest BCUT2D eigenvalue weighted by atomic mass is 9.78. The van der Waals surface area contributed by atoms with Gasteiger partial charge in [-0.3, -0.25) is 0 Å². The van der Waals surface area contributed by atoms with E-state index in [1.807, 2.05) is 0 Å². The Morgan fingerprint density at radius 2 is 1.47 bits per heavy atom. The first-order chi connectivity index (χ1) is 26.9. The monoisotopic (exact) mass is 712 g/mol. The van der Waals surface area contributed by atoms with Gasteiger partial charge in [-0.05, 0) is 125 Å². The van der Waals surface area contributed by atoms with Crippen molar-refractivity contribution in [3.8, 4) is 16.8 Å². The maximum atomic E-state index is 2.50. The van der Waals surface area contributed by atoms with Crippen molar-refractivity contribution in [3.63, 3.8) is 0 Å². The molecule has 1 aromatic heterocycles. The molecule has 55 heavy (non-hydrogen) atoms. The summed E-state index contributed by atoms with van der Waals surface area (Å²) in [6.07, 6.45) is 22.4. The molecule has 1 heterocycles. The van der Waals surface area contributed by atoms with E-state index in [2.05, 4.69) is 201 Å². The highest BCUT2D eigenvalue weighted by Crippen LogP contribution is 2.53. The van der Waals surface area contributed by atoms with Gasteiger partial charge >= 0.3 is 0 Å². The lowest BCUT2D eigenvalue weighted by Crippen LogP contribution is -2.23. The first kappa shape index (κ1) is 33.7. The van der Waals surface area contributed by atoms with E-state index < -0.39 is 0 Å². The number of aromatic nitrogens is 1. The number of rotatable bonds is 6. The summed E-state index contributed by atoms with van der Waals surface area (Å²) in [6, 6.07) is 42.9. The van der Waals surface area contributed by atoms with Crippen molar-refractivity contribution in [1.82, 2.24) is 4.57 Å². The van der Waals surface area contributed by atoms with Crippen molar-refractivity contribution in [3.05, 3.63) is 192 Å². The second-order valence-electron chi connectivity index (χ2n) is 16.6. The van der Waals surface area contributed by atoms with Crippen molar-refractivity contribution in [2.24, 2.45) is 17.8 Å². The normalized spacial score (nSPS) is 21.1. The van der Waals surface area contributed by atoms with Gasteiger partial charge in [0.2, 0.25) is 0 Å². The number of hydrogen-bond acceptors (Lipinski definition) is 1. The van der Waals surface area contributed by atoms with Crippen LogP contribution >= 0.6 is 0 Å². The average Bonchev–Trinajstić information content (AvgIpc) is 3.67. The van der Waals surface area contributed by atoms with Gasteiger partial charge in [0.05, 0.1) is 11.0 Å². The minimum absolute atomic E-state index is 0.0419. The minimum atomic E-state index is -0.0419. The predicted octanol–water partition coefficient (Wildman–Crippen LogP) is 14.2. The van der Waals surface area contributed by atoms with Crippen LogP contribution in [0, 0.1) is 17.8 Å². The van der Waals surface area contributed by atoms with Gasteiger partial charge in [0.15, 0.2) is 0 Å². The van der Waals surface area contributed by atoms with Gasteiger partial charge in [0.25, 0.3) is 0 Å². The third-order valence-electron chi connectivity index (χ3n) is 12.8. The average molecular weight is 713 g/mol. The van der Waals surface area contributed by atoms with Crippen LogP contribution in [-0.2, 0) is 5.41 Å². The highest BCUT2D eigenvalue weighted by molar-refractivity contribution is 6.10. The molecule has 0 saturated carbocycles. The van der Waals surface area contributed by atoms with E-state index in [1.54, 1.807) is 5.57 Å². The fourth-order valence-electron chi connectivity index (χ4n) is 9.96. The Morgan fingerprint density at radius 1 is 0.709 bits per heavy atom. The van der Waals surface area contributed by atoms with Crippen molar-refractivity contribution >= 4 is 38.8 Å². The second kappa shape index (κ2) is 13.2. The van der Waals surface area contributed by atoms with Gasteiger partial charge in [0, 0.05) is 44.9 Å². The molecule has 2 nitrogen and oxygen atoms in total. The van der Waals surface area contributed by atoms with E-state index in [0.717, 1.165) is 19.3 Å². The van der Waals surface area contributed by atoms with Crippen LogP contribution in [0.2, 0.25) is 0 Å². The molecule has 4 aliphatic rings. The summed E-state index contributed by atoms with van der Waals surface area (Å²) in [6.45, 7) is 9.59. The standard InChI is InChI=1S/C53H48N2/c1-35-14-13-20-48-52(35)46-30-28-43(34-49(46)53(48,3)4)54(42-27-29-44(36(2)32-42)38-15-7-5-8-16-38)41-25-22-37(23-26-41)39-24-31-51-47(33-39)45-19-11-12-21-50(45)55(51)40-17-9-6-10-18-40/h5-7,9-13,15,17-36,44H,8,14,16H2,1-4H3/t35-,36?,44?/m0/s1. The molecule has 0 radical (unpaired) electrons. The van der Waals surface area contributed by atoms with E-state index in [9.17, 15) is 0 Å². The third-order valence-corrected chi connectivity index (χ3v) is 12.8. The summed E-state index contributed by atoms with van der Waals surface area (Å²) >= 11 is 0. The Morgan fingerprint density at radius 3 is 2.27 bits per heavy atom. The fourth-order valence-corrected chi connectivity index (χ4v) is 9.96. The maximum absolute atomic E-state index is 2.50. The summed E-state index contributed by atoms with van der Waals surface area (Å²) in [5.41, 5.74) is 17.1. The first-order valence-electron chi connectivity index (χ1n) is 20.2. The Bertz CT molecular complexity index is 2670. The number of anilines is 2. The van der Waals surface area contributed by atoms with E-state index in [-0.39, 0.29) is 5.41 Å². The van der Waals surface area contributed by atoms with Crippen LogP contribution in [0.15, 0.2) is 181 Å². The lowest BCUT2D eigenvalue weighted by Gasteiger charge is -2.33. The Hall–Kier alpha value is -5.86. The highest BCUT2D eigenvalue weighted by atomic mass is 15.1. The van der Waals surface area contributed by atoms with Crippen LogP contribution in [0.1, 0.15) is 58.1 Å². The summed E-state index contributed by atoms with van der Waals surface area (Å²) in [5, 5.41) is 2.54. The number of fused-ring (bicyclic) bond motifs is 5. The van der Waals surface area contributed by atoms with Gasteiger partial charge in [-0.1, -0.05) is 136 Å². The van der Waals surface area contributed by atoms with E-state index in [4.69, 9.17) is 0 Å². The van der Waals surface area contributed by atoms with Crippen molar-refractivity contribution in [2.45, 2.75) is 52.4 Å². The number of benzene rings is 5. The van der Waals surface area contributed by atoms with Crippen LogP contribution in [0.5, 0.6) is 0 Å². The molecule has 0 bridgehead atoms. The molecule has 270 valence electrons. The molecule has 2 unspecified atom stereocenters. The van der Waals surface area contributed by atoms with Crippen molar-refractivity contribution in [1.29, 1.82) is 0 Å². The van der Waals surface area contributed by atoms with Crippen LogP contribution in [0.25, 0.3) is 44.2 Å². The Kier molecular flexibility index (Phi) is 8.06. The van der Waals surface area contributed by atoms with Gasteiger partial charge in [0.1, 0.15) is 0 Å². The van der Waals surface area contributed by atoms with Gasteiger partial charge < -0.3 is 9.47 Å². The largest absolute Gasteiger partial charge is 0.311 e. The van der Waals surface area contributed by atoms with Crippen molar-refractivity contribution < 1.29 is 0 Å². The zero-order chi connectivity index (χ0) is 37.3. The summed E-state index contributed by atoms with van der Waals surface area (Å²) < 4.78 is 2.38. The molecule has 2 heteroatoms. The Labute approximate surface area is 325 Å². The zero-order valence-corrected chi connectivity index (χ0v) is 32.3. The zero-order valence-electron chi connectivity index (χ0n) is 32.3. The minimum Gasteiger partial charge on any atom is -0.311 e. The smallest absolute Gasteiger partial charge is 0.0541 e. The van der Waals surface area contributed by atoms with Crippen molar-refractivity contribution in [2.75, 3.05) is 4.90 Å².